The van der Waals surface area contributed by atoms with E-state index in [1.54, 1.807) is 6.92 Å². The van der Waals surface area contributed by atoms with Crippen molar-refractivity contribution in [2.75, 3.05) is 5.32 Å². The molecule has 2 rings (SSSR count). The van der Waals surface area contributed by atoms with Gasteiger partial charge >= 0.3 is 0 Å². The molecule has 2 N–H and O–H groups in total. The van der Waals surface area contributed by atoms with E-state index in [1.807, 2.05) is 26.0 Å². The predicted octanol–water partition coefficient (Wildman–Crippen LogP) is 1.98. The monoisotopic (exact) mass is 230 g/mol. The van der Waals surface area contributed by atoms with Gasteiger partial charge in [-0.3, -0.25) is 9.89 Å². The molecule has 1 amide bonds. The summed E-state index contributed by atoms with van der Waals surface area (Å²) < 4.78 is 0. The molecule has 0 unspecified atom stereocenters. The third-order valence-electron chi connectivity index (χ3n) is 2.41. The molecule has 0 saturated carbocycles. The third kappa shape index (κ3) is 2.50. The molecule has 88 valence electrons. The van der Waals surface area contributed by atoms with E-state index in [2.05, 4.69) is 20.5 Å². The van der Waals surface area contributed by atoms with Crippen molar-refractivity contribution in [3.8, 4) is 0 Å². The van der Waals surface area contributed by atoms with Gasteiger partial charge in [-0.05, 0) is 38.5 Å². The van der Waals surface area contributed by atoms with Crippen LogP contribution < -0.4 is 5.32 Å². The van der Waals surface area contributed by atoms with Crippen molar-refractivity contribution in [2.24, 2.45) is 0 Å². The summed E-state index contributed by atoms with van der Waals surface area (Å²) in [6, 6.07) is 3.79. The smallest absolute Gasteiger partial charge is 0.260 e. The largest absolute Gasteiger partial charge is 0.306 e. The molecule has 0 aliphatic rings. The van der Waals surface area contributed by atoms with Crippen LogP contribution in [-0.2, 0) is 0 Å². The Morgan fingerprint density at radius 3 is 2.65 bits per heavy atom. The van der Waals surface area contributed by atoms with E-state index in [9.17, 15) is 4.79 Å². The number of aromatic nitrogens is 3. The minimum atomic E-state index is -0.200. The summed E-state index contributed by atoms with van der Waals surface area (Å²) in [5.74, 6) is 0.363. The van der Waals surface area contributed by atoms with Crippen molar-refractivity contribution in [1.82, 2.24) is 15.2 Å². The fourth-order valence-electron chi connectivity index (χ4n) is 1.67. The van der Waals surface area contributed by atoms with Gasteiger partial charge in [0.15, 0.2) is 0 Å². The van der Waals surface area contributed by atoms with Crippen molar-refractivity contribution in [3.05, 3.63) is 40.8 Å². The van der Waals surface area contributed by atoms with Gasteiger partial charge < -0.3 is 5.32 Å². The van der Waals surface area contributed by atoms with Gasteiger partial charge in [-0.1, -0.05) is 0 Å². The molecule has 0 radical (unpaired) electrons. The Hall–Kier alpha value is -2.17. The van der Waals surface area contributed by atoms with Gasteiger partial charge in [-0.2, -0.15) is 5.10 Å². The number of carbonyl (C=O) groups excluding carboxylic acids is 1. The fourth-order valence-corrected chi connectivity index (χ4v) is 1.67. The molecule has 2 heterocycles. The highest BCUT2D eigenvalue weighted by molar-refractivity contribution is 6.04. The first-order chi connectivity index (χ1) is 8.06. The second-order valence-corrected chi connectivity index (χ2v) is 4.03. The van der Waals surface area contributed by atoms with E-state index in [1.165, 1.54) is 6.20 Å². The summed E-state index contributed by atoms with van der Waals surface area (Å²) in [7, 11) is 0. The topological polar surface area (TPSA) is 70.7 Å². The standard InChI is InChI=1S/C12H14N4O/c1-7-4-8(2)14-11(5-7)15-12(17)10-6-13-16-9(10)3/h4-6H,1-3H3,(H,13,16)(H,14,15,17). The van der Waals surface area contributed by atoms with Crippen LogP contribution in [0.2, 0.25) is 0 Å². The minimum absolute atomic E-state index is 0.200. The van der Waals surface area contributed by atoms with Crippen LogP contribution in [0.1, 0.15) is 27.3 Å². The molecule has 0 aliphatic heterocycles. The summed E-state index contributed by atoms with van der Waals surface area (Å²) in [4.78, 5) is 16.2. The summed E-state index contributed by atoms with van der Waals surface area (Å²) in [5.41, 5.74) is 3.22. The number of anilines is 1. The Kier molecular flexibility index (Phi) is 2.91. The maximum atomic E-state index is 11.9. The molecular weight excluding hydrogens is 216 g/mol. The fraction of sp³-hybridized carbons (Fsp3) is 0.250. The first-order valence-corrected chi connectivity index (χ1v) is 5.33. The highest BCUT2D eigenvalue weighted by atomic mass is 16.1. The second-order valence-electron chi connectivity index (χ2n) is 4.03. The molecule has 2 aromatic heterocycles. The average Bonchev–Trinajstić information content (AvgIpc) is 2.62. The normalized spacial score (nSPS) is 10.3. The number of nitrogens with one attached hydrogen (secondary N) is 2. The number of amides is 1. The van der Waals surface area contributed by atoms with E-state index in [0.29, 0.717) is 11.4 Å². The molecule has 0 spiro atoms. The zero-order valence-corrected chi connectivity index (χ0v) is 10.0. The molecule has 2 aromatic rings. The Morgan fingerprint density at radius 2 is 2.06 bits per heavy atom. The Labute approximate surface area is 99.3 Å². The van der Waals surface area contributed by atoms with Crippen molar-refractivity contribution < 1.29 is 4.79 Å². The highest BCUT2D eigenvalue weighted by Gasteiger charge is 2.11. The molecule has 0 atom stereocenters. The van der Waals surface area contributed by atoms with E-state index < -0.39 is 0 Å². The number of hydrogen-bond acceptors (Lipinski definition) is 3. The minimum Gasteiger partial charge on any atom is -0.306 e. The summed E-state index contributed by atoms with van der Waals surface area (Å²) in [6.45, 7) is 5.66. The number of pyridine rings is 1. The maximum absolute atomic E-state index is 11.9. The van der Waals surface area contributed by atoms with Crippen molar-refractivity contribution in [1.29, 1.82) is 0 Å². The van der Waals surface area contributed by atoms with Gasteiger partial charge in [0, 0.05) is 11.4 Å². The van der Waals surface area contributed by atoms with E-state index in [0.717, 1.165) is 17.0 Å². The van der Waals surface area contributed by atoms with Crippen molar-refractivity contribution >= 4 is 11.7 Å². The number of hydrogen-bond donors (Lipinski definition) is 2. The highest BCUT2D eigenvalue weighted by Crippen LogP contribution is 2.11. The number of rotatable bonds is 2. The van der Waals surface area contributed by atoms with Gasteiger partial charge in [-0.25, -0.2) is 4.98 Å². The van der Waals surface area contributed by atoms with E-state index in [-0.39, 0.29) is 5.91 Å². The van der Waals surface area contributed by atoms with Gasteiger partial charge in [0.05, 0.1) is 11.8 Å². The molecule has 17 heavy (non-hydrogen) atoms. The molecule has 0 saturated heterocycles. The lowest BCUT2D eigenvalue weighted by atomic mass is 10.2. The lowest BCUT2D eigenvalue weighted by Gasteiger charge is -2.05. The molecule has 0 fully saturated rings. The van der Waals surface area contributed by atoms with Gasteiger partial charge in [0.25, 0.3) is 5.91 Å². The predicted molar refractivity (Wildman–Crippen MR) is 65.0 cm³/mol. The molecule has 0 aromatic carbocycles. The number of H-pyrrole nitrogens is 1. The third-order valence-corrected chi connectivity index (χ3v) is 2.41. The second kappa shape index (κ2) is 4.37. The van der Waals surface area contributed by atoms with Crippen LogP contribution >= 0.6 is 0 Å². The van der Waals surface area contributed by atoms with E-state index in [4.69, 9.17) is 0 Å². The average molecular weight is 230 g/mol. The van der Waals surface area contributed by atoms with Crippen LogP contribution in [0.3, 0.4) is 0 Å². The number of nitrogens with zero attached hydrogens (tertiary/aromatic N) is 2. The summed E-state index contributed by atoms with van der Waals surface area (Å²) >= 11 is 0. The molecule has 0 bridgehead atoms. The lowest BCUT2D eigenvalue weighted by Crippen LogP contribution is -2.13. The van der Waals surface area contributed by atoms with Gasteiger partial charge in [0.1, 0.15) is 5.82 Å². The molecular formula is C12H14N4O. The van der Waals surface area contributed by atoms with Crippen LogP contribution in [0.5, 0.6) is 0 Å². The first kappa shape index (κ1) is 11.3. The Bertz CT molecular complexity index is 539. The number of carbonyl (C=O) groups is 1. The molecule has 5 nitrogen and oxygen atoms in total. The lowest BCUT2D eigenvalue weighted by molar-refractivity contribution is 0.102. The summed E-state index contributed by atoms with van der Waals surface area (Å²) in [5, 5.41) is 9.30. The number of aryl methyl sites for hydroxylation is 3. The zero-order chi connectivity index (χ0) is 12.4. The van der Waals surface area contributed by atoms with Crippen LogP contribution in [0.15, 0.2) is 18.3 Å². The van der Waals surface area contributed by atoms with Gasteiger partial charge in [-0.15, -0.1) is 0 Å². The zero-order valence-electron chi connectivity index (χ0n) is 10.0. The van der Waals surface area contributed by atoms with Gasteiger partial charge in [0.2, 0.25) is 0 Å². The Morgan fingerprint density at radius 1 is 1.29 bits per heavy atom. The molecule has 5 heteroatoms. The maximum Gasteiger partial charge on any atom is 0.260 e. The van der Waals surface area contributed by atoms with E-state index >= 15 is 0 Å². The first-order valence-electron chi connectivity index (χ1n) is 5.33. The van der Waals surface area contributed by atoms with Crippen molar-refractivity contribution in [3.63, 3.8) is 0 Å². The van der Waals surface area contributed by atoms with Crippen molar-refractivity contribution in [2.45, 2.75) is 20.8 Å². The number of aromatic amines is 1. The Balaban J connectivity index is 2.21. The molecule has 0 aliphatic carbocycles. The van der Waals surface area contributed by atoms with Crippen LogP contribution in [-0.4, -0.2) is 21.1 Å². The quantitative estimate of drug-likeness (QED) is 0.828. The van der Waals surface area contributed by atoms with Crippen LogP contribution in [0, 0.1) is 20.8 Å². The SMILES string of the molecule is Cc1cc(C)nc(NC(=O)c2cn[nH]c2C)c1. The summed E-state index contributed by atoms with van der Waals surface area (Å²) in [6.07, 6.45) is 1.51. The van der Waals surface area contributed by atoms with Crippen LogP contribution in [0.25, 0.3) is 0 Å². The van der Waals surface area contributed by atoms with Crippen LogP contribution in [0.4, 0.5) is 5.82 Å².